The van der Waals surface area contributed by atoms with E-state index in [-0.39, 0.29) is 32.0 Å². The molecule has 0 bridgehead atoms. The Kier molecular flexibility index (Phi) is 25.0. The van der Waals surface area contributed by atoms with Gasteiger partial charge in [-0.25, -0.2) is 19.9 Å². The summed E-state index contributed by atoms with van der Waals surface area (Å²) in [6.07, 6.45) is -13.1. The van der Waals surface area contributed by atoms with Crippen LogP contribution < -0.4 is 16.6 Å². The van der Waals surface area contributed by atoms with Crippen molar-refractivity contribution in [3.05, 3.63) is 166 Å². The minimum Gasteiger partial charge on any atom is -0.422 e. The molecule has 45 heteroatoms. The molecular formula is C46H33BBrCl3F12N16O8S4. The monoisotopic (exact) mass is 1490 g/mol. The van der Waals surface area contributed by atoms with Crippen LogP contribution in [0.4, 0.5) is 72.7 Å². The van der Waals surface area contributed by atoms with Crippen LogP contribution in [-0.2, 0) is 52.9 Å². The SMILES string of the molecule is Cn1nc(C(F)(F)F)cc1-c1ncc(N)s1.Cn1nc(C(F)(F)F)cc1-c1ncc(NC(=O)c2ccccc2Cl)s1.Cn1nc(C(F)(F)F)cc1-c1ncc([N+](=O)[O-])s1.Cn1nc(C(F)(F)F)cc1B(O)O.O=C(Cl)c1ccccc1Cl.O=[N+]([O-])c1cnc(Br)s1. The maximum atomic E-state index is 12.7. The third-order valence-electron chi connectivity index (χ3n) is 10.4. The van der Waals surface area contributed by atoms with Crippen molar-refractivity contribution in [2.75, 3.05) is 11.1 Å². The Morgan fingerprint density at radius 3 is 1.26 bits per heavy atom. The van der Waals surface area contributed by atoms with Gasteiger partial charge in [0.15, 0.2) is 26.7 Å². The van der Waals surface area contributed by atoms with Crippen LogP contribution in [0.25, 0.3) is 32.1 Å². The summed E-state index contributed by atoms with van der Waals surface area (Å²) in [5.74, 6) is -0.429. The lowest BCUT2D eigenvalue weighted by molar-refractivity contribution is -0.380. The zero-order valence-electron chi connectivity index (χ0n) is 45.2. The fourth-order valence-electron chi connectivity index (χ4n) is 6.38. The molecule has 0 fully saturated rings. The van der Waals surface area contributed by atoms with E-state index < -0.39 is 75.6 Å². The van der Waals surface area contributed by atoms with Gasteiger partial charge in [-0.05, 0) is 98.7 Å². The molecule has 0 saturated carbocycles. The third-order valence-corrected chi connectivity index (χ3v) is 15.5. The highest BCUT2D eigenvalue weighted by molar-refractivity contribution is 9.11. The summed E-state index contributed by atoms with van der Waals surface area (Å²) in [5.41, 5.74) is 2.27. The molecule has 24 nitrogen and oxygen atoms in total. The quantitative estimate of drug-likeness (QED) is 0.0343. The first-order valence-electron chi connectivity index (χ1n) is 23.5. The standard InChI is InChI=1S/C15H10ClF3N4OS.C8H5F3N4O2S.C8H7F3N4S.C7H4Cl2O.C5H6BF3N2O2.C3HBrN2O2S/c1-23-10(6-11(22-23)15(17,18)19)14-20-7-12(25-14)21-13(24)8-4-2-3-5-9(8)16;1-14-4(2-5(13-14)8(9,10)11)7-12-3-6(18-7)15(16)17;1-15-4(7-13-3-6(12)16-7)2-5(14-15)8(9,10)11;8-6-4-2-1-3-5(6)7(9)10;1-11-4(6(12)13)2-3(10-11)5(7,8)9;4-3-5-1-2(9-3)6(7)8/h2-7H,1H3,(H,21,24);2-3H,1H3;2-3H,12H2,1H3;1-4H;2,12-13H,1H3;1H. The van der Waals surface area contributed by atoms with Crippen molar-refractivity contribution in [1.29, 1.82) is 0 Å². The number of benzene rings is 2. The van der Waals surface area contributed by atoms with E-state index in [2.05, 4.69) is 61.6 Å². The van der Waals surface area contributed by atoms with Crippen molar-refractivity contribution in [2.45, 2.75) is 24.7 Å². The number of rotatable bonds is 9. The topological polar surface area (TPSA) is 322 Å². The number of nitrogens with two attached hydrogens (primary N) is 1. The molecule has 0 spiro atoms. The molecule has 10 aromatic rings. The molecule has 0 saturated heterocycles. The molecule has 1 amide bonds. The molecule has 91 heavy (non-hydrogen) atoms. The van der Waals surface area contributed by atoms with Crippen molar-refractivity contribution >= 4 is 140 Å². The lowest BCUT2D eigenvalue weighted by Crippen LogP contribution is -2.35. The predicted octanol–water partition coefficient (Wildman–Crippen LogP) is 12.7. The third kappa shape index (κ3) is 21.0. The Hall–Kier alpha value is -7.97. The molecule has 484 valence electrons. The molecule has 0 unspecified atom stereocenters. The van der Waals surface area contributed by atoms with Crippen LogP contribution in [0.15, 0.2) is 102 Å². The van der Waals surface area contributed by atoms with Gasteiger partial charge >= 0.3 is 41.8 Å². The molecule has 0 atom stereocenters. The Labute approximate surface area is 539 Å². The van der Waals surface area contributed by atoms with Crippen molar-refractivity contribution in [1.82, 2.24) is 59.1 Å². The van der Waals surface area contributed by atoms with Crippen LogP contribution in [0.2, 0.25) is 10.0 Å². The second-order valence-electron chi connectivity index (χ2n) is 16.8. The predicted molar refractivity (Wildman–Crippen MR) is 315 cm³/mol. The van der Waals surface area contributed by atoms with Crippen molar-refractivity contribution in [3.63, 3.8) is 0 Å². The van der Waals surface area contributed by atoms with Crippen molar-refractivity contribution in [2.24, 2.45) is 28.2 Å². The number of carbonyl (C=O) groups excluding carboxylic acids is 2. The van der Waals surface area contributed by atoms with E-state index in [1.54, 1.807) is 48.5 Å². The first-order valence-corrected chi connectivity index (χ1v) is 28.7. The summed E-state index contributed by atoms with van der Waals surface area (Å²) in [7, 11) is 3.39. The molecule has 0 aliphatic heterocycles. The van der Waals surface area contributed by atoms with Gasteiger partial charge in [0.25, 0.3) is 11.1 Å². The molecule has 8 aromatic heterocycles. The number of thiazole rings is 4. The number of nitrogens with one attached hydrogen (secondary N) is 1. The van der Waals surface area contributed by atoms with Crippen LogP contribution >= 0.6 is 96.1 Å². The highest BCUT2D eigenvalue weighted by atomic mass is 79.9. The van der Waals surface area contributed by atoms with Gasteiger partial charge in [0, 0.05) is 28.2 Å². The smallest absolute Gasteiger partial charge is 0.422 e. The van der Waals surface area contributed by atoms with Crippen LogP contribution in [0.1, 0.15) is 43.5 Å². The fraction of sp³-hybridized carbons (Fsp3) is 0.174. The van der Waals surface area contributed by atoms with Crippen molar-refractivity contribution in [3.8, 4) is 32.1 Å². The zero-order chi connectivity index (χ0) is 68.2. The molecule has 0 aliphatic carbocycles. The molecule has 0 aliphatic rings. The van der Waals surface area contributed by atoms with Crippen LogP contribution in [0.3, 0.4) is 0 Å². The highest BCUT2D eigenvalue weighted by Crippen LogP contribution is 2.37. The van der Waals surface area contributed by atoms with Gasteiger partial charge in [-0.1, -0.05) is 70.1 Å². The number of nitrogen functional groups attached to an aromatic ring is 1. The van der Waals surface area contributed by atoms with Crippen LogP contribution in [0, 0.1) is 20.2 Å². The van der Waals surface area contributed by atoms with Gasteiger partial charge in [-0.15, -0.1) is 0 Å². The number of carbonyl (C=O) groups is 2. The van der Waals surface area contributed by atoms with Gasteiger partial charge in [-0.3, -0.25) is 48.5 Å². The van der Waals surface area contributed by atoms with Gasteiger partial charge in [-0.2, -0.15) is 73.1 Å². The minimum atomic E-state index is -4.56. The minimum absolute atomic E-state index is 0.0573. The number of nitro groups is 2. The summed E-state index contributed by atoms with van der Waals surface area (Å²) < 4.78 is 153. The number of halogens is 16. The molecule has 8 heterocycles. The summed E-state index contributed by atoms with van der Waals surface area (Å²) in [5, 5.41) is 55.2. The fourth-order valence-corrected chi connectivity index (χ4v) is 10.5. The van der Waals surface area contributed by atoms with E-state index >= 15 is 0 Å². The Morgan fingerprint density at radius 2 is 0.945 bits per heavy atom. The second kappa shape index (κ2) is 30.9. The normalized spacial score (nSPS) is 11.3. The summed E-state index contributed by atoms with van der Waals surface area (Å²) in [6.45, 7) is 0. The van der Waals surface area contributed by atoms with E-state index in [9.17, 15) is 82.5 Å². The van der Waals surface area contributed by atoms with E-state index in [1.165, 1.54) is 46.8 Å². The van der Waals surface area contributed by atoms with Gasteiger partial charge in [0.2, 0.25) is 0 Å². The van der Waals surface area contributed by atoms with E-state index in [0.29, 0.717) is 68.2 Å². The van der Waals surface area contributed by atoms with E-state index in [4.69, 9.17) is 50.6 Å². The molecule has 2 aromatic carbocycles. The summed E-state index contributed by atoms with van der Waals surface area (Å²) in [6, 6.07) is 16.4. The number of hydrogen-bond donors (Lipinski definition) is 4. The number of amides is 1. The Morgan fingerprint density at radius 1 is 0.571 bits per heavy atom. The Balaban J connectivity index is 0.000000205. The number of anilines is 2. The molecule has 0 radical (unpaired) electrons. The lowest BCUT2D eigenvalue weighted by Gasteiger charge is -2.03. The number of aromatic nitrogens is 12. The van der Waals surface area contributed by atoms with E-state index in [0.717, 1.165) is 77.1 Å². The summed E-state index contributed by atoms with van der Waals surface area (Å²) >= 11 is 23.6. The molecule has 5 N–H and O–H groups in total. The largest absolute Gasteiger partial charge is 0.507 e. The first-order chi connectivity index (χ1) is 42.1. The maximum absolute atomic E-state index is 12.7. The average molecular weight is 1490 g/mol. The number of alkyl halides is 12. The van der Waals surface area contributed by atoms with E-state index in [1.807, 2.05) is 0 Å². The average Bonchev–Trinajstić information content (AvgIpc) is 1.79. The lowest BCUT2D eigenvalue weighted by atomic mass is 9.86. The molecular weight excluding hydrogens is 1460 g/mol. The number of aryl methyl sites for hydroxylation is 4. The maximum Gasteiger partial charge on any atom is 0.507 e. The zero-order valence-corrected chi connectivity index (χ0v) is 52.3. The van der Waals surface area contributed by atoms with Crippen molar-refractivity contribution < 1.29 is 82.2 Å². The number of hydrogen-bond acceptors (Lipinski definition) is 21. The first kappa shape index (κ1) is 73.8. The van der Waals surface area contributed by atoms with Gasteiger partial charge < -0.3 is 21.1 Å². The number of nitrogens with zero attached hydrogens (tertiary/aromatic N) is 14. The van der Waals surface area contributed by atoms with Crippen LogP contribution in [-0.4, -0.2) is 97.2 Å². The summed E-state index contributed by atoms with van der Waals surface area (Å²) in [4.78, 5) is 57.4. The molecule has 10 rings (SSSR count). The van der Waals surface area contributed by atoms with Crippen LogP contribution in [0.5, 0.6) is 0 Å². The Bertz CT molecular complexity index is 4170. The highest BCUT2D eigenvalue weighted by Gasteiger charge is 2.38. The van der Waals surface area contributed by atoms with Gasteiger partial charge in [0.1, 0.15) is 37.4 Å². The second-order valence-corrected chi connectivity index (χ2v) is 23.4. The van der Waals surface area contributed by atoms with Gasteiger partial charge in [0.05, 0.1) is 66.1 Å².